The summed E-state index contributed by atoms with van der Waals surface area (Å²) in [7, 11) is -3.74. The Bertz CT molecular complexity index is 686. The lowest BCUT2D eigenvalue weighted by Gasteiger charge is -2.19. The zero-order chi connectivity index (χ0) is 15.2. The SMILES string of the molecule is CC1CCN(C(=O)C2Cc3cc(S(N)(=O)=O)ccc3O2)C1. The molecule has 2 aliphatic heterocycles. The molecule has 2 unspecified atom stereocenters. The average molecular weight is 310 g/mol. The zero-order valence-corrected chi connectivity index (χ0v) is 12.6. The predicted octanol–water partition coefficient (Wildman–Crippen LogP) is 0.506. The van der Waals surface area contributed by atoms with E-state index in [4.69, 9.17) is 9.88 Å². The van der Waals surface area contributed by atoms with Gasteiger partial charge in [0.2, 0.25) is 10.0 Å². The van der Waals surface area contributed by atoms with Gasteiger partial charge in [-0.1, -0.05) is 6.92 Å². The Kier molecular flexibility index (Phi) is 3.41. The van der Waals surface area contributed by atoms with E-state index in [1.807, 2.05) is 4.90 Å². The highest BCUT2D eigenvalue weighted by molar-refractivity contribution is 7.89. The molecular weight excluding hydrogens is 292 g/mol. The largest absolute Gasteiger partial charge is 0.480 e. The predicted molar refractivity (Wildman–Crippen MR) is 76.3 cm³/mol. The summed E-state index contributed by atoms with van der Waals surface area (Å²) in [4.78, 5) is 14.3. The molecule has 0 aliphatic carbocycles. The topological polar surface area (TPSA) is 89.7 Å². The van der Waals surface area contributed by atoms with Gasteiger partial charge in [-0.05, 0) is 36.1 Å². The van der Waals surface area contributed by atoms with Gasteiger partial charge in [0.05, 0.1) is 4.90 Å². The summed E-state index contributed by atoms with van der Waals surface area (Å²) in [6, 6.07) is 4.46. The van der Waals surface area contributed by atoms with Gasteiger partial charge >= 0.3 is 0 Å². The number of hydrogen-bond donors (Lipinski definition) is 1. The molecule has 0 aromatic heterocycles. The maximum absolute atomic E-state index is 12.4. The lowest BCUT2D eigenvalue weighted by molar-refractivity contribution is -0.136. The van der Waals surface area contributed by atoms with Gasteiger partial charge < -0.3 is 9.64 Å². The fraction of sp³-hybridized carbons (Fsp3) is 0.500. The third kappa shape index (κ3) is 2.75. The molecule has 6 nitrogen and oxygen atoms in total. The summed E-state index contributed by atoms with van der Waals surface area (Å²) in [6.45, 7) is 3.64. The van der Waals surface area contributed by atoms with Crippen molar-refractivity contribution >= 4 is 15.9 Å². The number of primary sulfonamides is 1. The molecule has 0 spiro atoms. The number of carbonyl (C=O) groups excluding carboxylic acids is 1. The van der Waals surface area contributed by atoms with Crippen molar-refractivity contribution in [3.8, 4) is 5.75 Å². The molecule has 7 heteroatoms. The average Bonchev–Trinajstić information content (AvgIpc) is 3.01. The smallest absolute Gasteiger partial charge is 0.264 e. The maximum Gasteiger partial charge on any atom is 0.264 e. The van der Waals surface area contributed by atoms with E-state index in [-0.39, 0.29) is 10.8 Å². The first-order valence-corrected chi connectivity index (χ1v) is 8.50. The van der Waals surface area contributed by atoms with Crippen LogP contribution in [-0.4, -0.2) is 38.4 Å². The van der Waals surface area contributed by atoms with Gasteiger partial charge in [-0.2, -0.15) is 0 Å². The molecule has 1 aromatic carbocycles. The van der Waals surface area contributed by atoms with Gasteiger partial charge in [-0.3, -0.25) is 4.79 Å². The highest BCUT2D eigenvalue weighted by Crippen LogP contribution is 2.32. The molecule has 1 amide bonds. The summed E-state index contributed by atoms with van der Waals surface area (Å²) in [5.41, 5.74) is 0.715. The van der Waals surface area contributed by atoms with Crippen LogP contribution in [0.1, 0.15) is 18.9 Å². The number of carbonyl (C=O) groups is 1. The van der Waals surface area contributed by atoms with Crippen LogP contribution in [0.25, 0.3) is 0 Å². The molecule has 0 radical (unpaired) electrons. The van der Waals surface area contributed by atoms with Crippen molar-refractivity contribution < 1.29 is 17.9 Å². The number of nitrogens with two attached hydrogens (primary N) is 1. The minimum Gasteiger partial charge on any atom is -0.480 e. The van der Waals surface area contributed by atoms with Crippen molar-refractivity contribution in [2.24, 2.45) is 11.1 Å². The molecule has 2 atom stereocenters. The molecule has 3 rings (SSSR count). The standard InChI is InChI=1S/C14H18N2O4S/c1-9-4-5-16(8-9)14(17)13-7-10-6-11(21(15,18)19)2-3-12(10)20-13/h2-3,6,9,13H,4-5,7-8H2,1H3,(H2,15,18,19). The van der Waals surface area contributed by atoms with Crippen LogP contribution in [0.3, 0.4) is 0 Å². The summed E-state index contributed by atoms with van der Waals surface area (Å²) < 4.78 is 28.4. The minimum absolute atomic E-state index is 0.0206. The number of ether oxygens (including phenoxy) is 1. The van der Waals surface area contributed by atoms with Crippen molar-refractivity contribution in [1.82, 2.24) is 4.90 Å². The Morgan fingerprint density at radius 3 is 2.81 bits per heavy atom. The van der Waals surface area contributed by atoms with Crippen molar-refractivity contribution in [1.29, 1.82) is 0 Å². The molecule has 1 saturated heterocycles. The molecule has 0 bridgehead atoms. The molecule has 1 fully saturated rings. The van der Waals surface area contributed by atoms with Crippen LogP contribution in [-0.2, 0) is 21.2 Å². The van der Waals surface area contributed by atoms with E-state index in [0.29, 0.717) is 23.7 Å². The molecule has 114 valence electrons. The Morgan fingerprint density at radius 2 is 2.19 bits per heavy atom. The summed E-state index contributed by atoms with van der Waals surface area (Å²) in [6.07, 6.45) is 0.852. The zero-order valence-electron chi connectivity index (χ0n) is 11.8. The molecular formula is C14H18N2O4S. The lowest BCUT2D eigenvalue weighted by Crippen LogP contribution is -2.39. The van der Waals surface area contributed by atoms with E-state index >= 15 is 0 Å². The second-order valence-corrected chi connectivity index (χ2v) is 7.36. The van der Waals surface area contributed by atoms with E-state index in [1.165, 1.54) is 12.1 Å². The van der Waals surface area contributed by atoms with Crippen molar-refractivity contribution in [3.05, 3.63) is 23.8 Å². The summed E-state index contributed by atoms with van der Waals surface area (Å²) >= 11 is 0. The number of sulfonamides is 1. The van der Waals surface area contributed by atoms with Crippen LogP contribution in [0.4, 0.5) is 0 Å². The van der Waals surface area contributed by atoms with Crippen LogP contribution in [0.15, 0.2) is 23.1 Å². The fourth-order valence-corrected chi connectivity index (χ4v) is 3.44. The van der Waals surface area contributed by atoms with Gasteiger partial charge in [-0.15, -0.1) is 0 Å². The van der Waals surface area contributed by atoms with Crippen LogP contribution < -0.4 is 9.88 Å². The normalized spacial score (nSPS) is 24.8. The first kappa shape index (κ1) is 14.3. The number of likely N-dealkylation sites (tertiary alicyclic amines) is 1. The summed E-state index contributed by atoms with van der Waals surface area (Å²) in [5.74, 6) is 1.06. The van der Waals surface area contributed by atoms with Gasteiger partial charge in [-0.25, -0.2) is 13.6 Å². The van der Waals surface area contributed by atoms with Gasteiger partial charge in [0.1, 0.15) is 5.75 Å². The Balaban J connectivity index is 1.77. The molecule has 0 saturated carbocycles. The molecule has 1 aromatic rings. The Labute approximate surface area is 123 Å². The van der Waals surface area contributed by atoms with E-state index in [9.17, 15) is 13.2 Å². The first-order chi connectivity index (χ1) is 9.84. The molecule has 2 heterocycles. The molecule has 21 heavy (non-hydrogen) atoms. The Morgan fingerprint density at radius 1 is 1.43 bits per heavy atom. The number of nitrogens with zero attached hydrogens (tertiary/aromatic N) is 1. The second-order valence-electron chi connectivity index (χ2n) is 5.80. The Hall–Kier alpha value is -1.60. The fourth-order valence-electron chi connectivity index (χ4n) is 2.88. The number of rotatable bonds is 2. The highest BCUT2D eigenvalue weighted by atomic mass is 32.2. The quantitative estimate of drug-likeness (QED) is 0.861. The summed E-state index contributed by atoms with van der Waals surface area (Å²) in [5, 5.41) is 5.12. The number of hydrogen-bond acceptors (Lipinski definition) is 4. The second kappa shape index (κ2) is 4.99. The number of amides is 1. The van der Waals surface area contributed by atoms with Crippen LogP contribution in [0.5, 0.6) is 5.75 Å². The monoisotopic (exact) mass is 310 g/mol. The maximum atomic E-state index is 12.4. The van der Waals surface area contributed by atoms with Gasteiger partial charge in [0.15, 0.2) is 6.10 Å². The minimum atomic E-state index is -3.74. The number of benzene rings is 1. The lowest BCUT2D eigenvalue weighted by atomic mass is 10.1. The first-order valence-electron chi connectivity index (χ1n) is 6.96. The van der Waals surface area contributed by atoms with Crippen molar-refractivity contribution in [2.45, 2.75) is 30.8 Å². The van der Waals surface area contributed by atoms with E-state index in [1.54, 1.807) is 6.07 Å². The number of fused-ring (bicyclic) bond motifs is 1. The third-order valence-corrected chi connectivity index (χ3v) is 4.96. The highest BCUT2D eigenvalue weighted by Gasteiger charge is 2.35. The molecule has 2 aliphatic rings. The van der Waals surface area contributed by atoms with Gasteiger partial charge in [0, 0.05) is 19.5 Å². The molecule has 2 N–H and O–H groups in total. The van der Waals surface area contributed by atoms with E-state index in [2.05, 4.69) is 6.92 Å². The third-order valence-electron chi connectivity index (χ3n) is 4.05. The van der Waals surface area contributed by atoms with Crippen molar-refractivity contribution in [3.63, 3.8) is 0 Å². The van der Waals surface area contributed by atoms with Crippen LogP contribution in [0.2, 0.25) is 0 Å². The van der Waals surface area contributed by atoms with E-state index in [0.717, 1.165) is 19.5 Å². The van der Waals surface area contributed by atoms with Crippen LogP contribution >= 0.6 is 0 Å². The van der Waals surface area contributed by atoms with Gasteiger partial charge in [0.25, 0.3) is 5.91 Å². The van der Waals surface area contributed by atoms with Crippen LogP contribution in [0, 0.1) is 5.92 Å². The van der Waals surface area contributed by atoms with Crippen molar-refractivity contribution in [2.75, 3.05) is 13.1 Å². The van der Waals surface area contributed by atoms with E-state index < -0.39 is 16.1 Å².